The molecule has 1 unspecified atom stereocenters. The molecule has 6 heteroatoms. The Hall–Kier alpha value is -1.85. The van der Waals surface area contributed by atoms with Gasteiger partial charge in [0, 0.05) is 18.3 Å². The SMILES string of the molecule is Cc1cnn(-c2ccc(C(=O)NCCC3CCCNC3)cc2)c1.Cl. The van der Waals surface area contributed by atoms with Crippen LogP contribution in [0.15, 0.2) is 36.7 Å². The van der Waals surface area contributed by atoms with E-state index in [-0.39, 0.29) is 18.3 Å². The minimum Gasteiger partial charge on any atom is -0.352 e. The van der Waals surface area contributed by atoms with Crippen molar-refractivity contribution in [2.24, 2.45) is 5.92 Å². The van der Waals surface area contributed by atoms with Gasteiger partial charge in [-0.25, -0.2) is 4.68 Å². The zero-order chi connectivity index (χ0) is 16.1. The summed E-state index contributed by atoms with van der Waals surface area (Å²) < 4.78 is 1.81. The number of aromatic nitrogens is 2. The van der Waals surface area contributed by atoms with Gasteiger partial charge in [-0.15, -0.1) is 12.4 Å². The number of aryl methyl sites for hydroxylation is 1. The lowest BCUT2D eigenvalue weighted by molar-refractivity contribution is 0.0950. The zero-order valence-corrected chi connectivity index (χ0v) is 14.8. The van der Waals surface area contributed by atoms with E-state index in [2.05, 4.69) is 15.7 Å². The third-order valence-electron chi connectivity index (χ3n) is 4.34. The summed E-state index contributed by atoms with van der Waals surface area (Å²) in [6.07, 6.45) is 7.34. The van der Waals surface area contributed by atoms with E-state index >= 15 is 0 Å². The Morgan fingerprint density at radius 3 is 2.79 bits per heavy atom. The van der Waals surface area contributed by atoms with Crippen LogP contribution in [0, 0.1) is 12.8 Å². The first-order chi connectivity index (χ1) is 11.2. The molecular weight excluding hydrogens is 324 g/mol. The molecule has 2 N–H and O–H groups in total. The lowest BCUT2D eigenvalue weighted by atomic mass is 9.96. The summed E-state index contributed by atoms with van der Waals surface area (Å²) in [6, 6.07) is 7.55. The molecule has 2 aromatic rings. The standard InChI is InChI=1S/C18H24N4O.ClH/c1-14-11-21-22(13-14)17-6-4-16(5-7-17)18(23)20-10-8-15-3-2-9-19-12-15;/h4-7,11,13,15,19H,2-3,8-10,12H2,1H3,(H,20,23);1H. The number of halogens is 1. The highest BCUT2D eigenvalue weighted by atomic mass is 35.5. The van der Waals surface area contributed by atoms with Crippen LogP contribution in [-0.2, 0) is 0 Å². The van der Waals surface area contributed by atoms with Gasteiger partial charge >= 0.3 is 0 Å². The second kappa shape index (κ2) is 8.85. The Balaban J connectivity index is 0.00000208. The van der Waals surface area contributed by atoms with Crippen molar-refractivity contribution in [3.05, 3.63) is 47.8 Å². The highest BCUT2D eigenvalue weighted by molar-refractivity contribution is 5.94. The zero-order valence-electron chi connectivity index (χ0n) is 14.0. The van der Waals surface area contributed by atoms with Crippen LogP contribution in [0.25, 0.3) is 5.69 Å². The number of hydrogen-bond donors (Lipinski definition) is 2. The molecule has 2 heterocycles. The summed E-state index contributed by atoms with van der Waals surface area (Å²) in [4.78, 5) is 12.2. The number of nitrogens with one attached hydrogen (secondary N) is 2. The van der Waals surface area contributed by atoms with E-state index in [4.69, 9.17) is 0 Å². The molecule has 0 bridgehead atoms. The lowest BCUT2D eigenvalue weighted by Crippen LogP contribution is -2.33. The van der Waals surface area contributed by atoms with Crippen molar-refractivity contribution < 1.29 is 4.79 Å². The molecule has 130 valence electrons. The van der Waals surface area contributed by atoms with E-state index in [1.807, 2.05) is 48.3 Å². The van der Waals surface area contributed by atoms with E-state index in [0.29, 0.717) is 11.5 Å². The summed E-state index contributed by atoms with van der Waals surface area (Å²) in [5.74, 6) is 0.687. The van der Waals surface area contributed by atoms with Crippen molar-refractivity contribution in [2.45, 2.75) is 26.2 Å². The monoisotopic (exact) mass is 348 g/mol. The summed E-state index contributed by atoms with van der Waals surface area (Å²) in [5.41, 5.74) is 2.77. The quantitative estimate of drug-likeness (QED) is 0.873. The summed E-state index contributed by atoms with van der Waals surface area (Å²) >= 11 is 0. The van der Waals surface area contributed by atoms with Crippen LogP contribution in [0.4, 0.5) is 0 Å². The van der Waals surface area contributed by atoms with Gasteiger partial charge in [0.1, 0.15) is 0 Å². The first-order valence-corrected chi connectivity index (χ1v) is 8.33. The molecule has 0 saturated carbocycles. The fourth-order valence-corrected chi connectivity index (χ4v) is 2.98. The first kappa shape index (κ1) is 18.5. The maximum absolute atomic E-state index is 12.2. The molecule has 1 aromatic carbocycles. The normalized spacial score (nSPS) is 17.1. The minimum atomic E-state index is -0.00281. The largest absolute Gasteiger partial charge is 0.352 e. The first-order valence-electron chi connectivity index (χ1n) is 8.33. The van der Waals surface area contributed by atoms with Gasteiger partial charge in [-0.05, 0) is 75.0 Å². The second-order valence-corrected chi connectivity index (χ2v) is 6.27. The molecule has 0 radical (unpaired) electrons. The van der Waals surface area contributed by atoms with Crippen molar-refractivity contribution in [1.29, 1.82) is 0 Å². The molecule has 1 aliphatic rings. The average molecular weight is 349 g/mol. The number of carbonyl (C=O) groups excluding carboxylic acids is 1. The molecule has 3 rings (SSSR count). The van der Waals surface area contributed by atoms with Crippen molar-refractivity contribution in [1.82, 2.24) is 20.4 Å². The number of hydrogen-bond acceptors (Lipinski definition) is 3. The number of piperidine rings is 1. The number of amides is 1. The van der Waals surface area contributed by atoms with Gasteiger partial charge in [0.15, 0.2) is 0 Å². The molecule has 0 aliphatic carbocycles. The molecule has 0 spiro atoms. The number of benzene rings is 1. The van der Waals surface area contributed by atoms with Gasteiger partial charge in [0.25, 0.3) is 5.91 Å². The van der Waals surface area contributed by atoms with E-state index in [1.54, 1.807) is 0 Å². The Labute approximate surface area is 149 Å². The summed E-state index contributed by atoms with van der Waals surface area (Å²) in [5, 5.41) is 10.7. The van der Waals surface area contributed by atoms with Crippen molar-refractivity contribution >= 4 is 18.3 Å². The third-order valence-corrected chi connectivity index (χ3v) is 4.34. The fourth-order valence-electron chi connectivity index (χ4n) is 2.98. The fraction of sp³-hybridized carbons (Fsp3) is 0.444. The van der Waals surface area contributed by atoms with Crippen LogP contribution in [0.3, 0.4) is 0 Å². The van der Waals surface area contributed by atoms with Crippen LogP contribution in [0.1, 0.15) is 35.2 Å². The highest BCUT2D eigenvalue weighted by Crippen LogP contribution is 2.13. The van der Waals surface area contributed by atoms with Crippen molar-refractivity contribution in [3.63, 3.8) is 0 Å². The molecule has 1 fully saturated rings. The molecule has 24 heavy (non-hydrogen) atoms. The average Bonchev–Trinajstić information content (AvgIpc) is 3.02. The second-order valence-electron chi connectivity index (χ2n) is 6.27. The van der Waals surface area contributed by atoms with Crippen LogP contribution in [-0.4, -0.2) is 35.3 Å². The third kappa shape index (κ3) is 4.82. The van der Waals surface area contributed by atoms with Gasteiger partial charge in [-0.2, -0.15) is 5.10 Å². The van der Waals surface area contributed by atoms with Crippen LogP contribution in [0.2, 0.25) is 0 Å². The van der Waals surface area contributed by atoms with E-state index in [1.165, 1.54) is 12.8 Å². The van der Waals surface area contributed by atoms with Gasteiger partial charge in [0.05, 0.1) is 11.9 Å². The van der Waals surface area contributed by atoms with Gasteiger partial charge in [-0.1, -0.05) is 0 Å². The molecule has 1 saturated heterocycles. The Morgan fingerprint density at radius 1 is 1.38 bits per heavy atom. The molecule has 1 aromatic heterocycles. The Morgan fingerprint density at radius 2 is 2.17 bits per heavy atom. The Kier molecular flexibility index (Phi) is 6.82. The maximum atomic E-state index is 12.2. The molecule has 1 amide bonds. The number of nitrogens with zero attached hydrogens (tertiary/aromatic N) is 2. The van der Waals surface area contributed by atoms with Gasteiger partial charge in [-0.3, -0.25) is 4.79 Å². The predicted octanol–water partition coefficient (Wildman–Crippen LogP) is 2.72. The molecular formula is C18H25ClN4O. The number of carbonyl (C=O) groups is 1. The van der Waals surface area contributed by atoms with E-state index in [0.717, 1.165) is 37.3 Å². The maximum Gasteiger partial charge on any atom is 0.251 e. The van der Waals surface area contributed by atoms with Gasteiger partial charge in [0.2, 0.25) is 0 Å². The predicted molar refractivity (Wildman–Crippen MR) is 98.1 cm³/mol. The molecule has 5 nitrogen and oxygen atoms in total. The van der Waals surface area contributed by atoms with E-state index in [9.17, 15) is 4.79 Å². The summed E-state index contributed by atoms with van der Waals surface area (Å²) in [7, 11) is 0. The highest BCUT2D eigenvalue weighted by Gasteiger charge is 2.13. The minimum absolute atomic E-state index is 0. The van der Waals surface area contributed by atoms with Crippen molar-refractivity contribution in [3.8, 4) is 5.69 Å². The smallest absolute Gasteiger partial charge is 0.251 e. The summed E-state index contributed by atoms with van der Waals surface area (Å²) in [6.45, 7) is 4.96. The van der Waals surface area contributed by atoms with Gasteiger partial charge < -0.3 is 10.6 Å². The van der Waals surface area contributed by atoms with Crippen LogP contribution < -0.4 is 10.6 Å². The van der Waals surface area contributed by atoms with Crippen LogP contribution >= 0.6 is 12.4 Å². The topological polar surface area (TPSA) is 59.0 Å². The van der Waals surface area contributed by atoms with Crippen LogP contribution in [0.5, 0.6) is 0 Å². The van der Waals surface area contributed by atoms with E-state index < -0.39 is 0 Å². The number of rotatable bonds is 5. The lowest BCUT2D eigenvalue weighted by Gasteiger charge is -2.22. The molecule has 1 atom stereocenters. The molecule has 1 aliphatic heterocycles. The van der Waals surface area contributed by atoms with Crippen molar-refractivity contribution in [2.75, 3.05) is 19.6 Å². The Bertz CT molecular complexity index is 647.